The molecule has 2 nitrogen and oxygen atoms in total. The van der Waals surface area contributed by atoms with Crippen molar-refractivity contribution in [1.82, 2.24) is 0 Å². The lowest BCUT2D eigenvalue weighted by Crippen LogP contribution is -2.19. The minimum atomic E-state index is -0.888. The van der Waals surface area contributed by atoms with Crippen LogP contribution in [0.5, 0.6) is 0 Å². The highest BCUT2D eigenvalue weighted by atomic mass is 16.4. The SMILES string of the molecule is CC1=C(/C=C/C(C)=C/C(=O)O)C(C)(C)CCC1. The van der Waals surface area contributed by atoms with Gasteiger partial charge in [0.15, 0.2) is 0 Å². The van der Waals surface area contributed by atoms with Gasteiger partial charge in [0.1, 0.15) is 0 Å². The molecule has 0 atom stereocenters. The first-order valence-corrected chi connectivity index (χ1v) is 6.12. The van der Waals surface area contributed by atoms with Gasteiger partial charge in [-0.25, -0.2) is 4.79 Å². The molecule has 1 rings (SSSR count). The number of hydrogen-bond donors (Lipinski definition) is 1. The Bertz CT molecular complexity index is 395. The fourth-order valence-corrected chi connectivity index (χ4v) is 2.47. The highest BCUT2D eigenvalue weighted by molar-refractivity contribution is 5.81. The molecule has 0 spiro atoms. The second-order valence-corrected chi connectivity index (χ2v) is 5.49. The van der Waals surface area contributed by atoms with Crippen molar-refractivity contribution in [2.45, 2.75) is 47.0 Å². The van der Waals surface area contributed by atoms with E-state index in [-0.39, 0.29) is 5.41 Å². The van der Waals surface area contributed by atoms with Crippen molar-refractivity contribution in [3.05, 3.63) is 34.9 Å². The third-order valence-electron chi connectivity index (χ3n) is 3.41. The third kappa shape index (κ3) is 3.88. The Kier molecular flexibility index (Phi) is 4.33. The molecule has 0 aromatic heterocycles. The summed E-state index contributed by atoms with van der Waals surface area (Å²) in [5.41, 5.74) is 3.78. The number of allylic oxidation sites excluding steroid dienone is 5. The topological polar surface area (TPSA) is 37.3 Å². The van der Waals surface area contributed by atoms with E-state index in [0.717, 1.165) is 12.0 Å². The van der Waals surface area contributed by atoms with Gasteiger partial charge in [-0.05, 0) is 49.7 Å². The van der Waals surface area contributed by atoms with Gasteiger partial charge in [0.05, 0.1) is 0 Å². The van der Waals surface area contributed by atoms with E-state index in [4.69, 9.17) is 5.11 Å². The van der Waals surface area contributed by atoms with Gasteiger partial charge in [-0.3, -0.25) is 0 Å². The Morgan fingerprint density at radius 2 is 2.06 bits per heavy atom. The van der Waals surface area contributed by atoms with Gasteiger partial charge < -0.3 is 5.11 Å². The summed E-state index contributed by atoms with van der Waals surface area (Å²) in [4.78, 5) is 10.5. The molecule has 0 amide bonds. The Morgan fingerprint density at radius 1 is 1.41 bits per heavy atom. The molecule has 94 valence electrons. The number of carboxylic acids is 1. The van der Waals surface area contributed by atoms with Crippen molar-refractivity contribution in [2.24, 2.45) is 5.41 Å². The number of aliphatic carboxylic acids is 1. The van der Waals surface area contributed by atoms with E-state index in [1.807, 2.05) is 13.0 Å². The highest BCUT2D eigenvalue weighted by Crippen LogP contribution is 2.40. The van der Waals surface area contributed by atoms with Crippen LogP contribution < -0.4 is 0 Å². The van der Waals surface area contributed by atoms with E-state index in [2.05, 4.69) is 26.8 Å². The van der Waals surface area contributed by atoms with Gasteiger partial charge in [0, 0.05) is 6.08 Å². The van der Waals surface area contributed by atoms with Crippen LogP contribution in [0, 0.1) is 5.41 Å². The van der Waals surface area contributed by atoms with Crippen molar-refractivity contribution in [1.29, 1.82) is 0 Å². The largest absolute Gasteiger partial charge is 0.478 e. The minimum Gasteiger partial charge on any atom is -0.478 e. The summed E-state index contributed by atoms with van der Waals surface area (Å²) < 4.78 is 0. The molecule has 0 heterocycles. The number of hydrogen-bond acceptors (Lipinski definition) is 1. The maximum Gasteiger partial charge on any atom is 0.328 e. The van der Waals surface area contributed by atoms with E-state index in [1.165, 1.54) is 30.1 Å². The van der Waals surface area contributed by atoms with Crippen LogP contribution in [0.2, 0.25) is 0 Å². The lowest BCUT2D eigenvalue weighted by Gasteiger charge is -2.32. The van der Waals surface area contributed by atoms with Crippen molar-refractivity contribution >= 4 is 5.97 Å². The monoisotopic (exact) mass is 234 g/mol. The molecular weight excluding hydrogens is 212 g/mol. The second-order valence-electron chi connectivity index (χ2n) is 5.49. The smallest absolute Gasteiger partial charge is 0.328 e. The standard InChI is InChI=1S/C15H22O2/c1-11(10-14(16)17)7-8-13-12(2)6-5-9-15(13,3)4/h7-8,10H,5-6,9H2,1-4H3,(H,16,17)/b8-7+,11-10+. The summed E-state index contributed by atoms with van der Waals surface area (Å²) in [6.45, 7) is 8.50. The van der Waals surface area contributed by atoms with Crippen LogP contribution in [0.15, 0.2) is 34.9 Å². The molecule has 0 unspecified atom stereocenters. The van der Waals surface area contributed by atoms with E-state index in [0.29, 0.717) is 0 Å². The quantitative estimate of drug-likeness (QED) is 0.589. The molecule has 1 aliphatic rings. The van der Waals surface area contributed by atoms with Crippen molar-refractivity contribution < 1.29 is 9.90 Å². The number of carbonyl (C=O) groups is 1. The van der Waals surface area contributed by atoms with Gasteiger partial charge in [0.2, 0.25) is 0 Å². The molecule has 0 saturated carbocycles. The van der Waals surface area contributed by atoms with Crippen LogP contribution in [0.1, 0.15) is 47.0 Å². The van der Waals surface area contributed by atoms with Crippen LogP contribution >= 0.6 is 0 Å². The Labute approximate surface area is 104 Å². The molecule has 1 aliphatic carbocycles. The number of rotatable bonds is 3. The Balaban J connectivity index is 2.93. The van der Waals surface area contributed by atoms with E-state index in [9.17, 15) is 4.79 Å². The summed E-state index contributed by atoms with van der Waals surface area (Å²) in [5.74, 6) is -0.888. The lowest BCUT2D eigenvalue weighted by molar-refractivity contribution is -0.131. The van der Waals surface area contributed by atoms with E-state index in [1.54, 1.807) is 0 Å². The first-order chi connectivity index (χ1) is 7.83. The zero-order valence-corrected chi connectivity index (χ0v) is 11.2. The summed E-state index contributed by atoms with van der Waals surface area (Å²) in [6.07, 6.45) is 8.84. The first kappa shape index (κ1) is 13.8. The van der Waals surface area contributed by atoms with Gasteiger partial charge in [-0.1, -0.05) is 31.6 Å². The molecule has 2 heteroatoms. The zero-order valence-electron chi connectivity index (χ0n) is 11.2. The van der Waals surface area contributed by atoms with Crippen molar-refractivity contribution in [3.63, 3.8) is 0 Å². The Hall–Kier alpha value is -1.31. The minimum absolute atomic E-state index is 0.211. The summed E-state index contributed by atoms with van der Waals surface area (Å²) in [6, 6.07) is 0. The molecule has 0 saturated heterocycles. The molecule has 1 N–H and O–H groups in total. The van der Waals surface area contributed by atoms with Gasteiger partial charge in [-0.2, -0.15) is 0 Å². The Morgan fingerprint density at radius 3 is 2.59 bits per heavy atom. The number of carboxylic acid groups (broad SMARTS) is 1. The van der Waals surface area contributed by atoms with Gasteiger partial charge in [-0.15, -0.1) is 0 Å². The maximum absolute atomic E-state index is 10.5. The highest BCUT2D eigenvalue weighted by Gasteiger charge is 2.26. The van der Waals surface area contributed by atoms with Crippen LogP contribution in [-0.4, -0.2) is 11.1 Å². The first-order valence-electron chi connectivity index (χ1n) is 6.12. The van der Waals surface area contributed by atoms with E-state index >= 15 is 0 Å². The molecule has 0 aromatic carbocycles. The van der Waals surface area contributed by atoms with Crippen LogP contribution in [-0.2, 0) is 4.79 Å². The maximum atomic E-state index is 10.5. The molecule has 0 fully saturated rings. The molecule has 0 bridgehead atoms. The molecule has 0 aliphatic heterocycles. The van der Waals surface area contributed by atoms with Crippen molar-refractivity contribution in [2.75, 3.05) is 0 Å². The normalized spacial score (nSPS) is 21.1. The van der Waals surface area contributed by atoms with Crippen LogP contribution in [0.4, 0.5) is 0 Å². The average Bonchev–Trinajstić information content (AvgIpc) is 2.14. The fraction of sp³-hybridized carbons (Fsp3) is 0.533. The average molecular weight is 234 g/mol. The van der Waals surface area contributed by atoms with Crippen molar-refractivity contribution in [3.8, 4) is 0 Å². The van der Waals surface area contributed by atoms with Gasteiger partial charge in [0.25, 0.3) is 0 Å². The zero-order chi connectivity index (χ0) is 13.1. The summed E-state index contributed by atoms with van der Waals surface area (Å²) in [7, 11) is 0. The van der Waals surface area contributed by atoms with Crippen LogP contribution in [0.25, 0.3) is 0 Å². The van der Waals surface area contributed by atoms with E-state index < -0.39 is 5.97 Å². The molecule has 0 aromatic rings. The van der Waals surface area contributed by atoms with Gasteiger partial charge >= 0.3 is 5.97 Å². The summed E-state index contributed by atoms with van der Waals surface area (Å²) in [5, 5.41) is 8.65. The lowest BCUT2D eigenvalue weighted by atomic mass is 9.72. The van der Waals surface area contributed by atoms with Crippen LogP contribution in [0.3, 0.4) is 0 Å². The second kappa shape index (κ2) is 5.35. The predicted octanol–water partition coefficient (Wildman–Crippen LogP) is 4.10. The molecule has 0 radical (unpaired) electrons. The third-order valence-corrected chi connectivity index (χ3v) is 3.41. The molecular formula is C15H22O2. The molecule has 17 heavy (non-hydrogen) atoms. The predicted molar refractivity (Wildman–Crippen MR) is 70.9 cm³/mol. The summed E-state index contributed by atoms with van der Waals surface area (Å²) >= 11 is 0. The fourth-order valence-electron chi connectivity index (χ4n) is 2.47.